The number of carbonyl (C=O) groups is 2. The number of Topliss-reactive ketones (excluding diaryl/α,β-unsaturated/α-hetero) is 1. The predicted molar refractivity (Wildman–Crippen MR) is 90.5 cm³/mol. The van der Waals surface area contributed by atoms with Gasteiger partial charge >= 0.3 is 0 Å². The third kappa shape index (κ3) is 2.65. The summed E-state index contributed by atoms with van der Waals surface area (Å²) in [7, 11) is 0. The smallest absolute Gasteiger partial charge is 0.254 e. The van der Waals surface area contributed by atoms with Gasteiger partial charge in [0, 0.05) is 30.0 Å². The van der Waals surface area contributed by atoms with Gasteiger partial charge in [-0.3, -0.25) is 9.59 Å². The molecule has 1 fully saturated rings. The fourth-order valence-electron chi connectivity index (χ4n) is 3.73. The molecule has 4 rings (SSSR count). The molecule has 2 aromatic rings. The molecule has 1 atom stereocenters. The lowest BCUT2D eigenvalue weighted by Gasteiger charge is -2.23. The number of amides is 1. The summed E-state index contributed by atoms with van der Waals surface area (Å²) >= 11 is 0. The van der Waals surface area contributed by atoms with Gasteiger partial charge in [-0.1, -0.05) is 31.1 Å². The molecule has 1 aliphatic heterocycles. The monoisotopic (exact) mass is 339 g/mol. The fraction of sp³-hybridized carbons (Fsp3) is 0.474. The van der Waals surface area contributed by atoms with E-state index in [9.17, 15) is 9.59 Å². The van der Waals surface area contributed by atoms with Gasteiger partial charge in [-0.2, -0.15) is 4.98 Å². The first-order chi connectivity index (χ1) is 12.1. The van der Waals surface area contributed by atoms with Gasteiger partial charge in [0.2, 0.25) is 5.89 Å². The van der Waals surface area contributed by atoms with Crippen molar-refractivity contribution in [3.8, 4) is 0 Å². The number of fused-ring (bicyclic) bond motifs is 1. The highest BCUT2D eigenvalue weighted by Crippen LogP contribution is 2.34. The number of aromatic nitrogens is 2. The van der Waals surface area contributed by atoms with Crippen molar-refractivity contribution >= 4 is 11.7 Å². The molecule has 1 amide bonds. The lowest BCUT2D eigenvalue weighted by Crippen LogP contribution is -2.31. The van der Waals surface area contributed by atoms with Gasteiger partial charge in [0.05, 0.1) is 0 Å². The Morgan fingerprint density at radius 2 is 2.16 bits per heavy atom. The highest BCUT2D eigenvalue weighted by atomic mass is 16.5. The van der Waals surface area contributed by atoms with E-state index >= 15 is 0 Å². The number of likely N-dealkylation sites (tertiary alicyclic amines) is 1. The average molecular weight is 339 g/mol. The van der Waals surface area contributed by atoms with Gasteiger partial charge in [-0.15, -0.1) is 0 Å². The van der Waals surface area contributed by atoms with Crippen molar-refractivity contribution in [2.45, 2.75) is 51.5 Å². The Labute approximate surface area is 146 Å². The van der Waals surface area contributed by atoms with E-state index < -0.39 is 0 Å². The number of carbonyl (C=O) groups excluding carboxylic acids is 2. The fourth-order valence-corrected chi connectivity index (χ4v) is 3.73. The van der Waals surface area contributed by atoms with E-state index in [0.29, 0.717) is 42.2 Å². The molecule has 6 nitrogen and oxygen atoms in total. The minimum atomic E-state index is -0.180. The molecule has 1 aromatic heterocycles. The molecule has 6 heteroatoms. The summed E-state index contributed by atoms with van der Waals surface area (Å²) in [5, 5.41) is 4.03. The summed E-state index contributed by atoms with van der Waals surface area (Å²) in [5.74, 6) is 1.45. The third-order valence-electron chi connectivity index (χ3n) is 5.08. The molecule has 0 N–H and O–H groups in total. The second-order valence-electron chi connectivity index (χ2n) is 7.06. The topological polar surface area (TPSA) is 76.3 Å². The highest BCUT2D eigenvalue weighted by molar-refractivity contribution is 6.05. The Hall–Kier alpha value is -2.50. The lowest BCUT2D eigenvalue weighted by molar-refractivity contribution is 0.0709. The van der Waals surface area contributed by atoms with Crippen LogP contribution < -0.4 is 0 Å². The van der Waals surface area contributed by atoms with Gasteiger partial charge in [-0.05, 0) is 30.9 Å². The maximum Gasteiger partial charge on any atom is 0.254 e. The second kappa shape index (κ2) is 6.10. The Balaban J connectivity index is 1.65. The zero-order valence-electron chi connectivity index (χ0n) is 14.5. The van der Waals surface area contributed by atoms with Crippen molar-refractivity contribution in [1.29, 1.82) is 0 Å². The maximum absolute atomic E-state index is 13.2. The summed E-state index contributed by atoms with van der Waals surface area (Å²) in [6.45, 7) is 4.69. The van der Waals surface area contributed by atoms with Crippen molar-refractivity contribution in [2.75, 3.05) is 6.54 Å². The Kier molecular flexibility index (Phi) is 3.90. The Morgan fingerprint density at radius 3 is 2.92 bits per heavy atom. The lowest BCUT2D eigenvalue weighted by atomic mass is 10.0. The van der Waals surface area contributed by atoms with Gasteiger partial charge in [-0.25, -0.2) is 0 Å². The molecule has 1 aromatic carbocycles. The van der Waals surface area contributed by atoms with Crippen molar-refractivity contribution in [3.05, 3.63) is 46.6 Å². The number of hydrogen-bond donors (Lipinski definition) is 0. The number of rotatable bonds is 3. The molecule has 0 saturated carbocycles. The van der Waals surface area contributed by atoms with Gasteiger partial charge in [0.1, 0.15) is 6.04 Å². The van der Waals surface area contributed by atoms with Crippen LogP contribution >= 0.6 is 0 Å². The summed E-state index contributed by atoms with van der Waals surface area (Å²) in [5.41, 5.74) is 2.22. The van der Waals surface area contributed by atoms with Crippen molar-refractivity contribution in [2.24, 2.45) is 0 Å². The second-order valence-corrected chi connectivity index (χ2v) is 7.06. The van der Waals surface area contributed by atoms with E-state index in [1.165, 1.54) is 0 Å². The molecule has 1 saturated heterocycles. The molecule has 2 aliphatic rings. The molecular formula is C19H21N3O3. The van der Waals surface area contributed by atoms with E-state index in [-0.39, 0.29) is 23.7 Å². The number of hydrogen-bond acceptors (Lipinski definition) is 5. The average Bonchev–Trinajstić information content (AvgIpc) is 3.33. The minimum Gasteiger partial charge on any atom is -0.337 e. The molecular weight excluding hydrogens is 318 g/mol. The van der Waals surface area contributed by atoms with Crippen LogP contribution in [0.3, 0.4) is 0 Å². The predicted octanol–water partition coefficient (Wildman–Crippen LogP) is 3.30. The molecule has 0 bridgehead atoms. The summed E-state index contributed by atoms with van der Waals surface area (Å²) in [4.78, 5) is 31.4. The first-order valence-corrected chi connectivity index (χ1v) is 8.86. The normalized spacial score (nSPS) is 19.7. The van der Waals surface area contributed by atoms with E-state index in [1.54, 1.807) is 6.07 Å². The quantitative estimate of drug-likeness (QED) is 0.857. The van der Waals surface area contributed by atoms with Crippen molar-refractivity contribution in [3.63, 3.8) is 0 Å². The SMILES string of the molecule is CC(C)c1noc([C@@H]2CCCN2C(=O)c2cccc3c2CCC3=O)n1. The number of ketones is 1. The van der Waals surface area contributed by atoms with Crippen LogP contribution in [-0.4, -0.2) is 33.3 Å². The van der Waals surface area contributed by atoms with Crippen LogP contribution in [0, 0.1) is 0 Å². The molecule has 0 radical (unpaired) electrons. The van der Waals surface area contributed by atoms with E-state index in [0.717, 1.165) is 18.4 Å². The Bertz CT molecular complexity index is 840. The van der Waals surface area contributed by atoms with Gasteiger partial charge in [0.25, 0.3) is 5.91 Å². The largest absolute Gasteiger partial charge is 0.337 e. The summed E-state index contributed by atoms with van der Waals surface area (Å²) in [6.07, 6.45) is 2.86. The van der Waals surface area contributed by atoms with Gasteiger partial charge < -0.3 is 9.42 Å². The maximum atomic E-state index is 13.2. The summed E-state index contributed by atoms with van der Waals surface area (Å²) < 4.78 is 5.43. The first kappa shape index (κ1) is 16.0. The molecule has 1 aliphatic carbocycles. The van der Waals surface area contributed by atoms with Crippen molar-refractivity contribution in [1.82, 2.24) is 15.0 Å². The third-order valence-corrected chi connectivity index (χ3v) is 5.08. The van der Waals surface area contributed by atoms with Crippen LogP contribution in [0.1, 0.15) is 83.1 Å². The molecule has 0 spiro atoms. The van der Waals surface area contributed by atoms with Crippen LogP contribution in [0.4, 0.5) is 0 Å². The molecule has 25 heavy (non-hydrogen) atoms. The highest BCUT2D eigenvalue weighted by Gasteiger charge is 2.36. The van der Waals surface area contributed by atoms with E-state index in [1.807, 2.05) is 30.9 Å². The molecule has 2 heterocycles. The number of nitrogens with zero attached hydrogens (tertiary/aromatic N) is 3. The van der Waals surface area contributed by atoms with Crippen LogP contribution in [0.5, 0.6) is 0 Å². The zero-order valence-corrected chi connectivity index (χ0v) is 14.5. The van der Waals surface area contributed by atoms with Crippen LogP contribution in [-0.2, 0) is 6.42 Å². The van der Waals surface area contributed by atoms with Crippen LogP contribution in [0.25, 0.3) is 0 Å². The van der Waals surface area contributed by atoms with Gasteiger partial charge in [0.15, 0.2) is 11.6 Å². The van der Waals surface area contributed by atoms with Crippen molar-refractivity contribution < 1.29 is 14.1 Å². The van der Waals surface area contributed by atoms with E-state index in [4.69, 9.17) is 4.52 Å². The standard InChI is InChI=1S/C19H21N3O3/c1-11(2)17-20-18(25-21-17)15-7-4-10-22(15)19(24)14-6-3-5-13-12(14)8-9-16(13)23/h3,5-6,11,15H,4,7-10H2,1-2H3/t15-/m0/s1. The van der Waals surface area contributed by atoms with Crippen LogP contribution in [0.2, 0.25) is 0 Å². The van der Waals surface area contributed by atoms with Crippen LogP contribution in [0.15, 0.2) is 22.7 Å². The Morgan fingerprint density at radius 1 is 1.32 bits per heavy atom. The first-order valence-electron chi connectivity index (χ1n) is 8.86. The van der Waals surface area contributed by atoms with E-state index in [2.05, 4.69) is 10.1 Å². The molecule has 0 unspecified atom stereocenters. The molecule has 130 valence electrons. The summed E-state index contributed by atoms with van der Waals surface area (Å²) in [6, 6.07) is 5.25. The zero-order chi connectivity index (χ0) is 17.6. The minimum absolute atomic E-state index is 0.0432. The number of benzene rings is 1.